The van der Waals surface area contributed by atoms with Crippen LogP contribution >= 0.6 is 0 Å². The van der Waals surface area contributed by atoms with Crippen LogP contribution in [0.5, 0.6) is 0 Å². The predicted molar refractivity (Wildman–Crippen MR) is 131 cm³/mol. The summed E-state index contributed by atoms with van der Waals surface area (Å²) in [6.45, 7) is 5.05. The Hall–Kier alpha value is -3.72. The van der Waals surface area contributed by atoms with Crippen molar-refractivity contribution in [2.75, 3.05) is 59.4 Å². The summed E-state index contributed by atoms with van der Waals surface area (Å²) in [4.78, 5) is 24.9. The molecular weight excluding hydrogens is 430 g/mol. The van der Waals surface area contributed by atoms with E-state index in [9.17, 15) is 4.79 Å². The minimum atomic E-state index is -0.222. The standard InChI is InChI=1S/C25H27N7O2/c33-25(28-23-7-2-10-26-29-23)32-20-6-3-11-31(17-20)22-9-8-21(27-24(22)32)18-4-1-5-19(16-18)30-12-14-34-15-13-30/h1-2,4-5,7-10,16,20H,3,6,11-15,17H2,(H,28,29,33)/t20-/m0/s1. The summed E-state index contributed by atoms with van der Waals surface area (Å²) < 4.78 is 5.50. The SMILES string of the molecule is O=C(Nc1cccnn1)N1c2nc(-c3cccc(N4CCOCC4)c3)ccc2N2CCC[C@H]1C2. The summed E-state index contributed by atoms with van der Waals surface area (Å²) in [6, 6.07) is 16.0. The van der Waals surface area contributed by atoms with Crippen LogP contribution in [0.15, 0.2) is 54.7 Å². The van der Waals surface area contributed by atoms with Gasteiger partial charge in [0.15, 0.2) is 11.6 Å². The molecule has 9 heteroatoms. The Morgan fingerprint density at radius 1 is 1.03 bits per heavy atom. The highest BCUT2D eigenvalue weighted by Gasteiger charge is 2.38. The first-order valence-corrected chi connectivity index (χ1v) is 11.8. The summed E-state index contributed by atoms with van der Waals surface area (Å²) >= 11 is 0. The Balaban J connectivity index is 1.36. The number of rotatable bonds is 3. The molecule has 0 radical (unpaired) electrons. The summed E-state index contributed by atoms with van der Waals surface area (Å²) in [6.07, 6.45) is 3.58. The molecule has 9 nitrogen and oxygen atoms in total. The lowest BCUT2D eigenvalue weighted by Gasteiger charge is -2.45. The number of benzene rings is 1. The second kappa shape index (κ2) is 8.90. The molecular formula is C25H27N7O2. The monoisotopic (exact) mass is 457 g/mol. The fourth-order valence-corrected chi connectivity index (χ4v) is 5.07. The number of hydrogen-bond acceptors (Lipinski definition) is 7. The predicted octanol–water partition coefficient (Wildman–Crippen LogP) is 3.40. The summed E-state index contributed by atoms with van der Waals surface area (Å²) in [7, 11) is 0. The number of aromatic nitrogens is 3. The van der Waals surface area contributed by atoms with Crippen LogP contribution in [0.2, 0.25) is 0 Å². The molecule has 2 saturated heterocycles. The summed E-state index contributed by atoms with van der Waals surface area (Å²) in [5.74, 6) is 1.13. The number of nitrogens with one attached hydrogen (secondary N) is 1. The molecule has 3 aliphatic rings. The number of fused-ring (bicyclic) bond motifs is 4. The van der Waals surface area contributed by atoms with Crippen LogP contribution in [0.1, 0.15) is 12.8 Å². The topological polar surface area (TPSA) is 86.7 Å². The average molecular weight is 458 g/mol. The number of amides is 2. The van der Waals surface area contributed by atoms with Crippen molar-refractivity contribution >= 4 is 29.0 Å². The third kappa shape index (κ3) is 3.92. The van der Waals surface area contributed by atoms with Crippen LogP contribution < -0.4 is 20.0 Å². The second-order valence-electron chi connectivity index (χ2n) is 8.84. The molecule has 2 fully saturated rings. The molecule has 5 heterocycles. The van der Waals surface area contributed by atoms with Crippen LogP contribution in [-0.2, 0) is 4.74 Å². The van der Waals surface area contributed by atoms with E-state index in [0.717, 1.165) is 74.9 Å². The molecule has 1 atom stereocenters. The van der Waals surface area contributed by atoms with E-state index in [1.54, 1.807) is 18.3 Å². The molecule has 2 amide bonds. The van der Waals surface area contributed by atoms with E-state index in [1.165, 1.54) is 0 Å². The van der Waals surface area contributed by atoms with Crippen molar-refractivity contribution in [1.82, 2.24) is 15.2 Å². The molecule has 0 spiro atoms. The van der Waals surface area contributed by atoms with Crippen molar-refractivity contribution in [3.63, 3.8) is 0 Å². The number of urea groups is 1. The van der Waals surface area contributed by atoms with Crippen LogP contribution in [0.4, 0.5) is 27.8 Å². The quantitative estimate of drug-likeness (QED) is 0.645. The van der Waals surface area contributed by atoms with Gasteiger partial charge in [-0.25, -0.2) is 9.78 Å². The molecule has 3 aromatic rings. The largest absolute Gasteiger partial charge is 0.378 e. The van der Waals surface area contributed by atoms with Crippen LogP contribution in [0, 0.1) is 0 Å². The number of morpholine rings is 1. The van der Waals surface area contributed by atoms with E-state index in [0.29, 0.717) is 11.6 Å². The number of piperidine rings is 1. The van der Waals surface area contributed by atoms with E-state index in [1.807, 2.05) is 4.90 Å². The third-order valence-corrected chi connectivity index (χ3v) is 6.73. The number of nitrogens with zero attached hydrogens (tertiary/aromatic N) is 6. The minimum absolute atomic E-state index is 0.0698. The Morgan fingerprint density at radius 2 is 1.94 bits per heavy atom. The zero-order chi connectivity index (χ0) is 22.9. The second-order valence-corrected chi connectivity index (χ2v) is 8.84. The molecule has 2 aromatic heterocycles. The van der Waals surface area contributed by atoms with Gasteiger partial charge in [0, 0.05) is 43.6 Å². The maximum atomic E-state index is 13.4. The first-order valence-electron chi connectivity index (χ1n) is 11.8. The smallest absolute Gasteiger partial charge is 0.329 e. The maximum Gasteiger partial charge on any atom is 0.329 e. The Labute approximate surface area is 198 Å². The highest BCUT2D eigenvalue weighted by atomic mass is 16.5. The van der Waals surface area contributed by atoms with Gasteiger partial charge in [0.1, 0.15) is 0 Å². The summed E-state index contributed by atoms with van der Waals surface area (Å²) in [5, 5.41) is 10.8. The lowest BCUT2D eigenvalue weighted by Crippen LogP contribution is -2.56. The molecule has 0 saturated carbocycles. The summed E-state index contributed by atoms with van der Waals surface area (Å²) in [5.41, 5.74) is 4.05. The number of carbonyl (C=O) groups is 1. The fraction of sp³-hybridized carbons (Fsp3) is 0.360. The van der Waals surface area contributed by atoms with Crippen molar-refractivity contribution in [3.05, 3.63) is 54.7 Å². The highest BCUT2D eigenvalue weighted by molar-refractivity contribution is 6.04. The van der Waals surface area contributed by atoms with E-state index < -0.39 is 0 Å². The Bertz CT molecular complexity index is 1180. The average Bonchev–Trinajstić information content (AvgIpc) is 2.90. The zero-order valence-electron chi connectivity index (χ0n) is 18.9. The fourth-order valence-electron chi connectivity index (χ4n) is 5.07. The maximum absolute atomic E-state index is 13.4. The first kappa shape index (κ1) is 20.9. The van der Waals surface area contributed by atoms with Gasteiger partial charge in [-0.1, -0.05) is 12.1 Å². The van der Waals surface area contributed by atoms with Gasteiger partial charge in [-0.3, -0.25) is 10.2 Å². The highest BCUT2D eigenvalue weighted by Crippen LogP contribution is 2.40. The number of carbonyl (C=O) groups excluding carboxylic acids is 1. The van der Waals surface area contributed by atoms with Crippen molar-refractivity contribution in [3.8, 4) is 11.3 Å². The van der Waals surface area contributed by atoms with E-state index >= 15 is 0 Å². The number of anilines is 4. The van der Waals surface area contributed by atoms with Gasteiger partial charge in [-0.15, -0.1) is 5.10 Å². The van der Waals surface area contributed by atoms with Gasteiger partial charge >= 0.3 is 6.03 Å². The number of hydrogen-bond donors (Lipinski definition) is 1. The van der Waals surface area contributed by atoms with Crippen LogP contribution in [0.3, 0.4) is 0 Å². The molecule has 34 heavy (non-hydrogen) atoms. The van der Waals surface area contributed by atoms with Crippen LogP contribution in [-0.4, -0.2) is 66.6 Å². The van der Waals surface area contributed by atoms with E-state index in [2.05, 4.69) is 61.7 Å². The minimum Gasteiger partial charge on any atom is -0.378 e. The molecule has 3 aliphatic heterocycles. The molecule has 174 valence electrons. The molecule has 2 bridgehead atoms. The van der Waals surface area contributed by atoms with Crippen molar-refractivity contribution in [2.24, 2.45) is 0 Å². The van der Waals surface area contributed by atoms with Crippen molar-refractivity contribution in [2.45, 2.75) is 18.9 Å². The number of ether oxygens (including phenoxy) is 1. The third-order valence-electron chi connectivity index (χ3n) is 6.73. The van der Waals surface area contributed by atoms with Gasteiger partial charge in [0.05, 0.1) is 30.6 Å². The van der Waals surface area contributed by atoms with Gasteiger partial charge < -0.3 is 14.5 Å². The Kier molecular flexibility index (Phi) is 5.46. The van der Waals surface area contributed by atoms with Gasteiger partial charge in [0.25, 0.3) is 0 Å². The zero-order valence-corrected chi connectivity index (χ0v) is 18.9. The number of pyridine rings is 1. The molecule has 6 rings (SSSR count). The molecule has 1 N–H and O–H groups in total. The lowest BCUT2D eigenvalue weighted by molar-refractivity contribution is 0.122. The van der Waals surface area contributed by atoms with Crippen molar-refractivity contribution in [1.29, 1.82) is 0 Å². The lowest BCUT2D eigenvalue weighted by atomic mass is 9.99. The molecule has 0 aliphatic carbocycles. The van der Waals surface area contributed by atoms with Crippen molar-refractivity contribution < 1.29 is 9.53 Å². The first-order chi connectivity index (χ1) is 16.8. The van der Waals surface area contributed by atoms with Gasteiger partial charge in [0.2, 0.25) is 0 Å². The van der Waals surface area contributed by atoms with Gasteiger partial charge in [-0.05, 0) is 49.2 Å². The normalized spacial score (nSPS) is 19.5. The van der Waals surface area contributed by atoms with E-state index in [-0.39, 0.29) is 12.1 Å². The Morgan fingerprint density at radius 3 is 2.79 bits per heavy atom. The molecule has 1 aromatic carbocycles. The van der Waals surface area contributed by atoms with E-state index in [4.69, 9.17) is 9.72 Å². The molecule has 0 unspecified atom stereocenters. The van der Waals surface area contributed by atoms with Gasteiger partial charge in [-0.2, -0.15) is 5.10 Å². The van der Waals surface area contributed by atoms with Crippen LogP contribution in [0.25, 0.3) is 11.3 Å².